The van der Waals surface area contributed by atoms with E-state index in [9.17, 15) is 0 Å². The lowest BCUT2D eigenvalue weighted by Crippen LogP contribution is -2.60. The minimum atomic E-state index is 0.721. The molecule has 0 aliphatic carbocycles. The third-order valence-corrected chi connectivity index (χ3v) is 4.20. The monoisotopic (exact) mass is 224 g/mol. The zero-order valence-electron chi connectivity index (χ0n) is 11.3. The van der Waals surface area contributed by atoms with E-state index in [0.717, 1.165) is 11.3 Å². The van der Waals surface area contributed by atoms with Gasteiger partial charge in [-0.1, -0.05) is 20.8 Å². The van der Waals surface area contributed by atoms with Crippen molar-refractivity contribution >= 4 is 0 Å². The average Bonchev–Trinajstić information content (AvgIpc) is 2.18. The van der Waals surface area contributed by atoms with Gasteiger partial charge in [-0.3, -0.25) is 0 Å². The molecule has 2 heterocycles. The van der Waals surface area contributed by atoms with Crippen molar-refractivity contribution in [3.8, 4) is 0 Å². The van der Waals surface area contributed by atoms with Crippen LogP contribution in [0.1, 0.15) is 40.0 Å². The minimum absolute atomic E-state index is 0.721. The SMILES string of the molecule is CCCN1CCC2(CC1)CN(CC(C)C)C2. The fourth-order valence-electron chi connectivity index (χ4n) is 3.43. The maximum absolute atomic E-state index is 2.65. The van der Waals surface area contributed by atoms with E-state index in [1.807, 2.05) is 0 Å². The first-order valence-corrected chi connectivity index (χ1v) is 7.08. The molecule has 0 radical (unpaired) electrons. The number of rotatable bonds is 4. The fraction of sp³-hybridized carbons (Fsp3) is 1.00. The van der Waals surface area contributed by atoms with Gasteiger partial charge in [0.2, 0.25) is 0 Å². The van der Waals surface area contributed by atoms with Gasteiger partial charge in [0.25, 0.3) is 0 Å². The van der Waals surface area contributed by atoms with Crippen molar-refractivity contribution in [3.63, 3.8) is 0 Å². The molecule has 0 N–H and O–H groups in total. The summed E-state index contributed by atoms with van der Waals surface area (Å²) in [7, 11) is 0. The van der Waals surface area contributed by atoms with Gasteiger partial charge >= 0.3 is 0 Å². The van der Waals surface area contributed by atoms with Crippen LogP contribution >= 0.6 is 0 Å². The standard InChI is InChI=1S/C14H28N2/c1-4-7-15-8-5-14(6-9-15)11-16(12-14)10-13(2)3/h13H,4-12H2,1-3H3. The van der Waals surface area contributed by atoms with Crippen LogP contribution in [0, 0.1) is 11.3 Å². The Kier molecular flexibility index (Phi) is 3.91. The number of hydrogen-bond donors (Lipinski definition) is 0. The third kappa shape index (κ3) is 2.78. The molecule has 1 spiro atoms. The van der Waals surface area contributed by atoms with E-state index >= 15 is 0 Å². The van der Waals surface area contributed by atoms with Crippen LogP contribution in [0.5, 0.6) is 0 Å². The van der Waals surface area contributed by atoms with Gasteiger partial charge in [0.1, 0.15) is 0 Å². The smallest absolute Gasteiger partial charge is 0.00515 e. The normalized spacial score (nSPS) is 26.2. The van der Waals surface area contributed by atoms with Gasteiger partial charge in [0.15, 0.2) is 0 Å². The summed E-state index contributed by atoms with van der Waals surface area (Å²) in [5, 5.41) is 0. The highest BCUT2D eigenvalue weighted by molar-refractivity contribution is 4.98. The summed E-state index contributed by atoms with van der Waals surface area (Å²) in [5.74, 6) is 0.831. The molecule has 2 saturated heterocycles. The number of likely N-dealkylation sites (tertiary alicyclic amines) is 2. The van der Waals surface area contributed by atoms with Crippen LogP contribution in [0.3, 0.4) is 0 Å². The van der Waals surface area contributed by atoms with Crippen molar-refractivity contribution in [2.45, 2.75) is 40.0 Å². The molecule has 2 rings (SSSR count). The Morgan fingerprint density at radius 2 is 1.69 bits per heavy atom. The van der Waals surface area contributed by atoms with Crippen molar-refractivity contribution in [2.24, 2.45) is 11.3 Å². The summed E-state index contributed by atoms with van der Waals surface area (Å²) in [6, 6.07) is 0. The highest BCUT2D eigenvalue weighted by Crippen LogP contribution is 2.40. The summed E-state index contributed by atoms with van der Waals surface area (Å²) < 4.78 is 0. The molecule has 16 heavy (non-hydrogen) atoms. The molecule has 0 unspecified atom stereocenters. The van der Waals surface area contributed by atoms with Crippen molar-refractivity contribution in [3.05, 3.63) is 0 Å². The van der Waals surface area contributed by atoms with Crippen molar-refractivity contribution in [1.82, 2.24) is 9.80 Å². The molecule has 0 amide bonds. The van der Waals surface area contributed by atoms with Crippen LogP contribution in [0.15, 0.2) is 0 Å². The maximum Gasteiger partial charge on any atom is 0.00515 e. The Morgan fingerprint density at radius 3 is 2.19 bits per heavy atom. The molecule has 0 saturated carbocycles. The Bertz CT molecular complexity index is 209. The molecular formula is C14H28N2. The molecule has 0 atom stereocenters. The van der Waals surface area contributed by atoms with E-state index in [0.29, 0.717) is 0 Å². The third-order valence-electron chi connectivity index (χ3n) is 4.20. The largest absolute Gasteiger partial charge is 0.303 e. The quantitative estimate of drug-likeness (QED) is 0.724. The topological polar surface area (TPSA) is 6.48 Å². The van der Waals surface area contributed by atoms with Gasteiger partial charge in [-0.05, 0) is 50.2 Å². The van der Waals surface area contributed by atoms with Crippen LogP contribution in [-0.2, 0) is 0 Å². The van der Waals surface area contributed by atoms with E-state index in [4.69, 9.17) is 0 Å². The van der Waals surface area contributed by atoms with E-state index in [2.05, 4.69) is 30.6 Å². The molecular weight excluding hydrogens is 196 g/mol. The van der Waals surface area contributed by atoms with Gasteiger partial charge in [0, 0.05) is 19.6 Å². The average molecular weight is 224 g/mol. The summed E-state index contributed by atoms with van der Waals surface area (Å²) in [6.07, 6.45) is 4.20. The first-order chi connectivity index (χ1) is 7.63. The van der Waals surface area contributed by atoms with E-state index in [-0.39, 0.29) is 0 Å². The van der Waals surface area contributed by atoms with Crippen LogP contribution < -0.4 is 0 Å². The zero-order chi connectivity index (χ0) is 11.6. The second-order valence-corrected chi connectivity index (χ2v) is 6.41. The minimum Gasteiger partial charge on any atom is -0.303 e. The number of piperidine rings is 1. The lowest BCUT2D eigenvalue weighted by atomic mass is 9.71. The molecule has 0 bridgehead atoms. The molecule has 2 aliphatic rings. The highest BCUT2D eigenvalue weighted by atomic mass is 15.2. The van der Waals surface area contributed by atoms with Crippen LogP contribution in [0.25, 0.3) is 0 Å². The Labute approximate surface area is 101 Å². The first-order valence-electron chi connectivity index (χ1n) is 7.08. The molecule has 94 valence electrons. The second kappa shape index (κ2) is 5.05. The second-order valence-electron chi connectivity index (χ2n) is 6.41. The summed E-state index contributed by atoms with van der Waals surface area (Å²) in [6.45, 7) is 15.0. The van der Waals surface area contributed by atoms with E-state index in [1.54, 1.807) is 0 Å². The van der Waals surface area contributed by atoms with Gasteiger partial charge in [0.05, 0.1) is 0 Å². The number of hydrogen-bond acceptors (Lipinski definition) is 2. The maximum atomic E-state index is 2.65. The van der Waals surface area contributed by atoms with Gasteiger partial charge in [-0.25, -0.2) is 0 Å². The highest BCUT2D eigenvalue weighted by Gasteiger charge is 2.44. The molecule has 2 heteroatoms. The molecule has 2 aliphatic heterocycles. The van der Waals surface area contributed by atoms with Crippen molar-refractivity contribution < 1.29 is 0 Å². The Hall–Kier alpha value is -0.0800. The lowest BCUT2D eigenvalue weighted by Gasteiger charge is -2.54. The van der Waals surface area contributed by atoms with E-state index < -0.39 is 0 Å². The molecule has 2 fully saturated rings. The van der Waals surface area contributed by atoms with Crippen molar-refractivity contribution in [1.29, 1.82) is 0 Å². The summed E-state index contributed by atoms with van der Waals surface area (Å²) >= 11 is 0. The summed E-state index contributed by atoms with van der Waals surface area (Å²) in [4.78, 5) is 5.30. The van der Waals surface area contributed by atoms with Crippen LogP contribution in [0.2, 0.25) is 0 Å². The van der Waals surface area contributed by atoms with E-state index in [1.165, 1.54) is 58.5 Å². The Morgan fingerprint density at radius 1 is 1.06 bits per heavy atom. The van der Waals surface area contributed by atoms with Gasteiger partial charge in [-0.15, -0.1) is 0 Å². The van der Waals surface area contributed by atoms with Crippen LogP contribution in [0.4, 0.5) is 0 Å². The van der Waals surface area contributed by atoms with Gasteiger partial charge in [-0.2, -0.15) is 0 Å². The first kappa shape index (κ1) is 12.4. The summed E-state index contributed by atoms with van der Waals surface area (Å²) in [5.41, 5.74) is 0.721. The number of nitrogens with zero attached hydrogens (tertiary/aromatic N) is 2. The molecule has 0 aromatic heterocycles. The predicted octanol–water partition coefficient (Wildman–Crippen LogP) is 2.45. The molecule has 0 aromatic carbocycles. The lowest BCUT2D eigenvalue weighted by molar-refractivity contribution is -0.0511. The zero-order valence-corrected chi connectivity index (χ0v) is 11.3. The van der Waals surface area contributed by atoms with Crippen LogP contribution in [-0.4, -0.2) is 49.1 Å². The molecule has 0 aromatic rings. The molecule has 2 nitrogen and oxygen atoms in total. The van der Waals surface area contributed by atoms with Gasteiger partial charge < -0.3 is 9.80 Å². The Balaban J connectivity index is 1.70. The fourth-order valence-corrected chi connectivity index (χ4v) is 3.43. The van der Waals surface area contributed by atoms with Crippen molar-refractivity contribution in [2.75, 3.05) is 39.3 Å². The predicted molar refractivity (Wildman–Crippen MR) is 69.7 cm³/mol.